The molecule has 1 aliphatic rings. The van der Waals surface area contributed by atoms with Gasteiger partial charge in [-0.1, -0.05) is 22.4 Å². The maximum Gasteiger partial charge on any atom is 0.123 e. The van der Waals surface area contributed by atoms with Crippen molar-refractivity contribution in [2.45, 2.75) is 25.8 Å². The quantitative estimate of drug-likeness (QED) is 0.840. The number of nitrogens with zero attached hydrogens (tertiary/aromatic N) is 1. The molecule has 1 aromatic rings. The van der Waals surface area contributed by atoms with Crippen molar-refractivity contribution in [3.63, 3.8) is 0 Å². The Hall–Kier alpha value is -0.450. The molecule has 2 nitrogen and oxygen atoms in total. The average molecular weight is 315 g/mol. The van der Waals surface area contributed by atoms with Crippen LogP contribution >= 0.6 is 15.9 Å². The number of rotatable bonds is 5. The molecule has 0 radical (unpaired) electrons. The number of hydrogen-bond donors (Lipinski definition) is 1. The van der Waals surface area contributed by atoms with Crippen molar-refractivity contribution in [3.8, 4) is 0 Å². The molecule has 1 fully saturated rings. The highest BCUT2D eigenvalue weighted by atomic mass is 79.9. The lowest BCUT2D eigenvalue weighted by atomic mass is 10.1. The Morgan fingerprint density at radius 1 is 1.22 bits per heavy atom. The second kappa shape index (κ2) is 7.22. The van der Waals surface area contributed by atoms with E-state index in [0.29, 0.717) is 6.54 Å². The number of piperidine rings is 1. The molecule has 1 aliphatic heterocycles. The topological polar surface area (TPSA) is 15.3 Å². The zero-order chi connectivity index (χ0) is 12.8. The molecule has 0 aliphatic carbocycles. The summed E-state index contributed by atoms with van der Waals surface area (Å²) < 4.78 is 14.1. The zero-order valence-electron chi connectivity index (χ0n) is 10.6. The van der Waals surface area contributed by atoms with Gasteiger partial charge in [0, 0.05) is 24.1 Å². The lowest BCUT2D eigenvalue weighted by Crippen LogP contribution is -2.35. The second-order valence-electron chi connectivity index (χ2n) is 4.81. The Morgan fingerprint density at radius 3 is 2.78 bits per heavy atom. The Balaban J connectivity index is 1.69. The second-order valence-corrected chi connectivity index (χ2v) is 5.67. The fraction of sp³-hybridized carbons (Fsp3) is 0.571. The zero-order valence-corrected chi connectivity index (χ0v) is 12.2. The van der Waals surface area contributed by atoms with E-state index >= 15 is 0 Å². The van der Waals surface area contributed by atoms with Crippen molar-refractivity contribution in [2.75, 3.05) is 26.2 Å². The summed E-state index contributed by atoms with van der Waals surface area (Å²) in [5, 5.41) is 3.38. The van der Waals surface area contributed by atoms with Crippen LogP contribution in [0.15, 0.2) is 22.7 Å². The number of halogens is 2. The molecule has 4 heteroatoms. The molecular weight excluding hydrogens is 295 g/mol. The first kappa shape index (κ1) is 14.0. The van der Waals surface area contributed by atoms with Crippen molar-refractivity contribution in [1.82, 2.24) is 10.2 Å². The summed E-state index contributed by atoms with van der Waals surface area (Å²) in [6, 6.07) is 4.82. The summed E-state index contributed by atoms with van der Waals surface area (Å²) in [5.41, 5.74) is 0.980. The fourth-order valence-corrected chi connectivity index (χ4v) is 2.71. The first-order chi connectivity index (χ1) is 8.75. The average Bonchev–Trinajstić information content (AvgIpc) is 2.40. The first-order valence-electron chi connectivity index (χ1n) is 6.63. The smallest absolute Gasteiger partial charge is 0.123 e. The summed E-state index contributed by atoms with van der Waals surface area (Å²) in [6.07, 6.45) is 4.03. The highest BCUT2D eigenvalue weighted by molar-refractivity contribution is 9.10. The predicted molar refractivity (Wildman–Crippen MR) is 76.1 cm³/mol. The van der Waals surface area contributed by atoms with E-state index in [9.17, 15) is 4.39 Å². The Morgan fingerprint density at radius 2 is 2.00 bits per heavy atom. The molecule has 18 heavy (non-hydrogen) atoms. The van der Waals surface area contributed by atoms with Gasteiger partial charge in [-0.05, 0) is 49.7 Å². The molecular formula is C14H20BrFN2. The van der Waals surface area contributed by atoms with Crippen molar-refractivity contribution in [1.29, 1.82) is 0 Å². The Kier molecular flexibility index (Phi) is 5.60. The Bertz CT molecular complexity index is 378. The predicted octanol–water partition coefficient (Wildman–Crippen LogP) is 3.16. The van der Waals surface area contributed by atoms with Crippen molar-refractivity contribution >= 4 is 15.9 Å². The number of nitrogens with one attached hydrogen (secondary N) is 1. The van der Waals surface area contributed by atoms with Gasteiger partial charge in [-0.25, -0.2) is 4.39 Å². The van der Waals surface area contributed by atoms with Crippen LogP contribution in [0.3, 0.4) is 0 Å². The summed E-state index contributed by atoms with van der Waals surface area (Å²) in [7, 11) is 0. The van der Waals surface area contributed by atoms with E-state index < -0.39 is 0 Å². The normalized spacial score (nSPS) is 17.0. The number of hydrogen-bond acceptors (Lipinski definition) is 2. The van der Waals surface area contributed by atoms with Crippen molar-refractivity contribution < 1.29 is 4.39 Å². The lowest BCUT2D eigenvalue weighted by Gasteiger charge is -2.26. The van der Waals surface area contributed by atoms with Gasteiger partial charge in [-0.15, -0.1) is 0 Å². The largest absolute Gasteiger partial charge is 0.311 e. The van der Waals surface area contributed by atoms with Gasteiger partial charge in [-0.2, -0.15) is 0 Å². The van der Waals surface area contributed by atoms with E-state index in [4.69, 9.17) is 0 Å². The van der Waals surface area contributed by atoms with E-state index in [1.165, 1.54) is 38.4 Å². The molecule has 0 spiro atoms. The van der Waals surface area contributed by atoms with Gasteiger partial charge in [0.05, 0.1) is 0 Å². The minimum atomic E-state index is -0.175. The minimum Gasteiger partial charge on any atom is -0.311 e. The van der Waals surface area contributed by atoms with E-state index in [1.54, 1.807) is 12.1 Å². The van der Waals surface area contributed by atoms with Gasteiger partial charge < -0.3 is 10.2 Å². The van der Waals surface area contributed by atoms with Gasteiger partial charge in [0.1, 0.15) is 5.82 Å². The van der Waals surface area contributed by atoms with E-state index in [0.717, 1.165) is 23.1 Å². The van der Waals surface area contributed by atoms with E-state index in [-0.39, 0.29) is 5.82 Å². The molecule has 1 saturated heterocycles. The third-order valence-corrected chi connectivity index (χ3v) is 4.15. The van der Waals surface area contributed by atoms with Gasteiger partial charge in [0.15, 0.2) is 0 Å². The third-order valence-electron chi connectivity index (χ3n) is 3.38. The van der Waals surface area contributed by atoms with Crippen LogP contribution in [0.1, 0.15) is 24.8 Å². The van der Waals surface area contributed by atoms with E-state index in [1.807, 2.05) is 0 Å². The number of likely N-dealkylation sites (tertiary alicyclic amines) is 1. The molecule has 0 amide bonds. The lowest BCUT2D eigenvalue weighted by molar-refractivity contribution is 0.229. The van der Waals surface area contributed by atoms with Crippen LogP contribution in [0, 0.1) is 5.82 Å². The van der Waals surface area contributed by atoms with Crippen molar-refractivity contribution in [2.24, 2.45) is 0 Å². The first-order valence-corrected chi connectivity index (χ1v) is 7.42. The third kappa shape index (κ3) is 4.34. The minimum absolute atomic E-state index is 0.175. The molecule has 0 unspecified atom stereocenters. The maximum absolute atomic E-state index is 13.1. The van der Waals surface area contributed by atoms with Gasteiger partial charge in [-0.3, -0.25) is 0 Å². The highest BCUT2D eigenvalue weighted by Gasteiger charge is 2.09. The number of benzene rings is 1. The molecule has 0 atom stereocenters. The van der Waals surface area contributed by atoms with E-state index in [2.05, 4.69) is 26.1 Å². The SMILES string of the molecule is Fc1ccc(Br)c(CNCCN2CCCCC2)c1. The molecule has 2 rings (SSSR count). The molecule has 0 bridgehead atoms. The fourth-order valence-electron chi connectivity index (χ4n) is 2.32. The monoisotopic (exact) mass is 314 g/mol. The molecule has 0 aromatic heterocycles. The molecule has 1 aromatic carbocycles. The van der Waals surface area contributed by atoms with Crippen LogP contribution in [0.25, 0.3) is 0 Å². The van der Waals surface area contributed by atoms with Crippen LogP contribution in [-0.4, -0.2) is 31.1 Å². The van der Waals surface area contributed by atoms with Crippen molar-refractivity contribution in [3.05, 3.63) is 34.1 Å². The summed E-state index contributed by atoms with van der Waals surface area (Å²) in [5.74, 6) is -0.175. The molecule has 0 saturated carbocycles. The van der Waals surface area contributed by atoms with Crippen LogP contribution in [0.5, 0.6) is 0 Å². The molecule has 1 heterocycles. The summed E-state index contributed by atoms with van der Waals surface area (Å²) >= 11 is 3.44. The van der Waals surface area contributed by atoms with Crippen LogP contribution in [-0.2, 0) is 6.54 Å². The van der Waals surface area contributed by atoms with Gasteiger partial charge in [0.2, 0.25) is 0 Å². The van der Waals surface area contributed by atoms with Gasteiger partial charge in [0.25, 0.3) is 0 Å². The molecule has 100 valence electrons. The molecule has 1 N–H and O–H groups in total. The summed E-state index contributed by atoms with van der Waals surface area (Å²) in [4.78, 5) is 2.50. The Labute approximate surface area is 117 Å². The summed E-state index contributed by atoms with van der Waals surface area (Å²) in [6.45, 7) is 5.22. The maximum atomic E-state index is 13.1. The van der Waals surface area contributed by atoms with Crippen LogP contribution in [0.2, 0.25) is 0 Å². The highest BCUT2D eigenvalue weighted by Crippen LogP contribution is 2.17. The van der Waals surface area contributed by atoms with Crippen LogP contribution < -0.4 is 5.32 Å². The van der Waals surface area contributed by atoms with Gasteiger partial charge >= 0.3 is 0 Å². The standard InChI is InChI=1S/C14H20BrFN2/c15-14-5-4-13(16)10-12(14)11-17-6-9-18-7-2-1-3-8-18/h4-5,10,17H,1-3,6-9,11H2. The van der Waals surface area contributed by atoms with Crippen LogP contribution in [0.4, 0.5) is 4.39 Å².